The number of nitrogens with zero attached hydrogens (tertiary/aromatic N) is 1. The maximum absolute atomic E-state index is 11.2. The zero-order chi connectivity index (χ0) is 12.5. The quantitative estimate of drug-likeness (QED) is 0.510. The van der Waals surface area contributed by atoms with Crippen molar-refractivity contribution in [3.8, 4) is 5.75 Å². The zero-order valence-electron chi connectivity index (χ0n) is 11.0. The number of nitrogens with one attached hydrogen (secondary N) is 1. The van der Waals surface area contributed by atoms with Crippen LogP contribution in [0.2, 0.25) is 0 Å². The number of hydrogen-bond donors (Lipinski definition) is 1. The molecule has 0 saturated carbocycles. The topological polar surface area (TPSA) is 38.3 Å². The van der Waals surface area contributed by atoms with E-state index in [4.69, 9.17) is 4.74 Å². The van der Waals surface area contributed by atoms with E-state index in [1.807, 2.05) is 12.1 Å². The summed E-state index contributed by atoms with van der Waals surface area (Å²) in [6, 6.07) is 5.90. The van der Waals surface area contributed by atoms with Gasteiger partial charge in [0, 0.05) is 25.1 Å². The highest BCUT2D eigenvalue weighted by Gasteiger charge is 2.27. The summed E-state index contributed by atoms with van der Waals surface area (Å²) >= 11 is 0. The first-order valence-electron chi connectivity index (χ1n) is 5.89. The van der Waals surface area contributed by atoms with Crippen LogP contribution in [0.5, 0.6) is 5.75 Å². The van der Waals surface area contributed by atoms with Gasteiger partial charge in [-0.2, -0.15) is 0 Å². The molecule has 0 aromatic heterocycles. The molecule has 1 heterocycles. The minimum absolute atomic E-state index is 0. The van der Waals surface area contributed by atoms with Gasteiger partial charge in [-0.1, -0.05) is 0 Å². The van der Waals surface area contributed by atoms with Crippen molar-refractivity contribution >= 4 is 11.8 Å². The first-order chi connectivity index (χ1) is 8.03. The molecule has 1 aliphatic heterocycles. The third kappa shape index (κ3) is 3.14. The summed E-state index contributed by atoms with van der Waals surface area (Å²) in [6.45, 7) is 1.12. The number of benzene rings is 1. The third-order valence-electron chi connectivity index (χ3n) is 3.29. The second kappa shape index (κ2) is 5.88. The summed E-state index contributed by atoms with van der Waals surface area (Å²) in [5, 5.41) is 2.45. The highest BCUT2D eigenvalue weighted by Crippen LogP contribution is 2.33. The molecule has 1 N–H and O–H groups in total. The number of rotatable bonds is 1. The van der Waals surface area contributed by atoms with Crippen LogP contribution in [0.15, 0.2) is 18.2 Å². The van der Waals surface area contributed by atoms with Crippen LogP contribution in [-0.4, -0.2) is 33.8 Å². The van der Waals surface area contributed by atoms with E-state index in [0.717, 1.165) is 17.4 Å². The van der Waals surface area contributed by atoms with Crippen molar-refractivity contribution in [1.82, 2.24) is 9.80 Å². The Labute approximate surface area is 125 Å². The maximum Gasteiger partial charge on any atom is 0.412 e. The lowest BCUT2D eigenvalue weighted by Crippen LogP contribution is -3.00. The van der Waals surface area contributed by atoms with Gasteiger partial charge < -0.3 is 34.0 Å². The van der Waals surface area contributed by atoms with Crippen molar-refractivity contribution in [3.63, 3.8) is 0 Å². The Kier molecular flexibility index (Phi) is 4.98. The molecule has 0 unspecified atom stereocenters. The molecule has 0 spiro atoms. The summed E-state index contributed by atoms with van der Waals surface area (Å²) in [6.07, 6.45) is 1.89. The molecule has 0 saturated heterocycles. The summed E-state index contributed by atoms with van der Waals surface area (Å²) in [5.74, 6) is 0.608. The zero-order valence-corrected chi connectivity index (χ0v) is 13.2. The third-order valence-corrected chi connectivity index (χ3v) is 3.29. The molecular weight excluding hydrogens is 343 g/mol. The molecule has 1 amide bonds. The summed E-state index contributed by atoms with van der Waals surface area (Å²) in [7, 11) is 5.92. The van der Waals surface area contributed by atoms with Crippen LogP contribution in [0.3, 0.4) is 0 Å². The second-order valence-electron chi connectivity index (χ2n) is 4.94. The van der Waals surface area contributed by atoms with Gasteiger partial charge in [-0.25, -0.2) is 4.79 Å². The molecule has 100 valence electrons. The molecule has 0 radical (unpaired) electrons. The Hall–Kier alpha value is -0.820. The van der Waals surface area contributed by atoms with Crippen LogP contribution in [0.25, 0.3) is 0 Å². The van der Waals surface area contributed by atoms with Crippen molar-refractivity contribution < 1.29 is 33.5 Å². The van der Waals surface area contributed by atoms with Crippen LogP contribution in [0.1, 0.15) is 12.0 Å². The number of carbonyl (C=O) groups excluding carboxylic acids is 1. The molecule has 1 aromatic carbocycles. The van der Waals surface area contributed by atoms with E-state index in [0.29, 0.717) is 5.75 Å². The maximum atomic E-state index is 11.2. The van der Waals surface area contributed by atoms with Crippen molar-refractivity contribution in [2.45, 2.75) is 12.8 Å². The van der Waals surface area contributed by atoms with Crippen LogP contribution in [0.4, 0.5) is 10.5 Å². The van der Waals surface area contributed by atoms with Crippen LogP contribution < -0.4 is 38.5 Å². The predicted molar refractivity (Wildman–Crippen MR) is 68.4 cm³/mol. The van der Waals surface area contributed by atoms with Crippen molar-refractivity contribution in [1.29, 1.82) is 0 Å². The van der Waals surface area contributed by atoms with Gasteiger partial charge in [0.05, 0.1) is 20.6 Å². The SMILES string of the molecule is CNC(=O)Oc1ccc2c(c1)[N+](C)(C)CCC2.[I-]. The Morgan fingerprint density at radius 3 is 2.78 bits per heavy atom. The highest BCUT2D eigenvalue weighted by atomic mass is 127. The summed E-state index contributed by atoms with van der Waals surface area (Å²) in [5.41, 5.74) is 2.60. The van der Waals surface area contributed by atoms with E-state index >= 15 is 0 Å². The number of quaternary nitrogens is 1. The molecule has 0 atom stereocenters. The molecule has 18 heavy (non-hydrogen) atoms. The largest absolute Gasteiger partial charge is 1.00 e. The normalized spacial score (nSPS) is 16.2. The fourth-order valence-corrected chi connectivity index (χ4v) is 2.33. The van der Waals surface area contributed by atoms with Gasteiger partial charge in [0.25, 0.3) is 0 Å². The first kappa shape index (κ1) is 15.2. The number of halogens is 1. The molecule has 1 aliphatic rings. The lowest BCUT2D eigenvalue weighted by molar-refractivity contribution is -0.00000865. The van der Waals surface area contributed by atoms with E-state index in [1.54, 1.807) is 7.05 Å². The summed E-state index contributed by atoms with van der Waals surface area (Å²) < 4.78 is 6.01. The van der Waals surface area contributed by atoms with Gasteiger partial charge in [-0.3, -0.25) is 4.48 Å². The van der Waals surface area contributed by atoms with Crippen LogP contribution in [0, 0.1) is 0 Å². The molecule has 0 bridgehead atoms. The second-order valence-corrected chi connectivity index (χ2v) is 4.94. The fraction of sp³-hybridized carbons (Fsp3) is 0.462. The van der Waals surface area contributed by atoms with Crippen molar-refractivity contribution in [2.24, 2.45) is 0 Å². The number of aryl methyl sites for hydroxylation is 1. The van der Waals surface area contributed by atoms with Gasteiger partial charge >= 0.3 is 6.09 Å². The first-order valence-corrected chi connectivity index (χ1v) is 5.89. The highest BCUT2D eigenvalue weighted by molar-refractivity contribution is 5.70. The minimum Gasteiger partial charge on any atom is -1.00 e. The average Bonchev–Trinajstić information content (AvgIpc) is 2.29. The fourth-order valence-electron chi connectivity index (χ4n) is 2.33. The van der Waals surface area contributed by atoms with E-state index in [9.17, 15) is 4.79 Å². The number of carbonyl (C=O) groups is 1. The molecule has 2 rings (SSSR count). The minimum atomic E-state index is -0.425. The number of hydrogen-bond acceptors (Lipinski definition) is 2. The van der Waals surface area contributed by atoms with Gasteiger partial charge in [-0.15, -0.1) is 0 Å². The lowest BCUT2D eigenvalue weighted by atomic mass is 10.0. The van der Waals surface area contributed by atoms with E-state index in [2.05, 4.69) is 25.5 Å². The van der Waals surface area contributed by atoms with Crippen molar-refractivity contribution in [2.75, 3.05) is 27.7 Å². The Bertz CT molecular complexity index is 447. The molecule has 0 aliphatic carbocycles. The number of ether oxygens (including phenoxy) is 1. The predicted octanol–water partition coefficient (Wildman–Crippen LogP) is -1.08. The van der Waals surface area contributed by atoms with Gasteiger partial charge in [-0.05, 0) is 18.6 Å². The van der Waals surface area contributed by atoms with E-state index in [-0.39, 0.29) is 24.0 Å². The van der Waals surface area contributed by atoms with Crippen LogP contribution in [-0.2, 0) is 6.42 Å². The van der Waals surface area contributed by atoms with Crippen molar-refractivity contribution in [3.05, 3.63) is 23.8 Å². The molecule has 4 nitrogen and oxygen atoms in total. The molecular formula is C13H19IN2O2. The smallest absolute Gasteiger partial charge is 0.412 e. The summed E-state index contributed by atoms with van der Waals surface area (Å²) in [4.78, 5) is 11.2. The monoisotopic (exact) mass is 362 g/mol. The lowest BCUT2D eigenvalue weighted by Gasteiger charge is -2.34. The van der Waals surface area contributed by atoms with E-state index in [1.165, 1.54) is 17.7 Å². The Morgan fingerprint density at radius 1 is 1.39 bits per heavy atom. The number of amides is 1. The van der Waals surface area contributed by atoms with E-state index < -0.39 is 6.09 Å². The van der Waals surface area contributed by atoms with Gasteiger partial charge in [0.2, 0.25) is 0 Å². The van der Waals surface area contributed by atoms with Gasteiger partial charge in [0.15, 0.2) is 0 Å². The van der Waals surface area contributed by atoms with Gasteiger partial charge in [0.1, 0.15) is 11.4 Å². The molecule has 5 heteroatoms. The molecule has 0 fully saturated rings. The average molecular weight is 362 g/mol. The number of fused-ring (bicyclic) bond motifs is 1. The Morgan fingerprint density at radius 2 is 2.11 bits per heavy atom. The van der Waals surface area contributed by atoms with Crippen LogP contribution >= 0.6 is 0 Å². The Balaban J connectivity index is 0.00000162. The molecule has 1 aromatic rings. The standard InChI is InChI=1S/C13H18N2O2.HI/c1-14-13(16)17-11-7-6-10-5-4-8-15(2,3)12(10)9-11;/h6-7,9H,4-5,8H2,1-3H3;1H.